The number of benzene rings is 2. The first kappa shape index (κ1) is 15.2. The molecule has 0 aliphatic heterocycles. The number of hydrogen-bond donors (Lipinski definition) is 2. The second-order valence-corrected chi connectivity index (χ2v) is 6.22. The van der Waals surface area contributed by atoms with Gasteiger partial charge in [-0.3, -0.25) is 4.79 Å². The summed E-state index contributed by atoms with van der Waals surface area (Å²) < 4.78 is 0. The average Bonchev–Trinajstić information content (AvgIpc) is 2.96. The van der Waals surface area contributed by atoms with E-state index in [1.54, 1.807) is 0 Å². The molecule has 0 bridgehead atoms. The average molecular weight is 323 g/mol. The Bertz CT molecular complexity index is 810. The van der Waals surface area contributed by atoms with Crippen LogP contribution in [-0.4, -0.2) is 10.9 Å². The highest BCUT2D eigenvalue weighted by atomic mass is 32.1. The van der Waals surface area contributed by atoms with Crippen LogP contribution < -0.4 is 11.1 Å². The summed E-state index contributed by atoms with van der Waals surface area (Å²) in [5.41, 5.74) is 9.19. The quantitative estimate of drug-likeness (QED) is 0.720. The summed E-state index contributed by atoms with van der Waals surface area (Å²) in [4.78, 5) is 17.5. The fourth-order valence-electron chi connectivity index (χ4n) is 2.21. The zero-order valence-corrected chi connectivity index (χ0v) is 13.6. The minimum absolute atomic E-state index is 0.0921. The van der Waals surface area contributed by atoms with Crippen LogP contribution in [0.1, 0.15) is 20.9 Å². The largest absolute Gasteiger partial charge is 0.399 e. The summed E-state index contributed by atoms with van der Waals surface area (Å²) in [5, 5.41) is 3.77. The zero-order chi connectivity index (χ0) is 16.2. The van der Waals surface area contributed by atoms with Crippen LogP contribution in [0.3, 0.4) is 0 Å². The number of anilines is 1. The second-order valence-electron chi connectivity index (χ2n) is 5.22. The maximum atomic E-state index is 12.4. The van der Waals surface area contributed by atoms with Crippen LogP contribution in [0, 0.1) is 6.92 Å². The Kier molecular flexibility index (Phi) is 4.39. The van der Waals surface area contributed by atoms with E-state index in [0.717, 1.165) is 21.8 Å². The van der Waals surface area contributed by atoms with Crippen LogP contribution in [0.4, 0.5) is 5.69 Å². The molecule has 0 spiro atoms. The van der Waals surface area contributed by atoms with E-state index >= 15 is 0 Å². The topological polar surface area (TPSA) is 68.0 Å². The minimum Gasteiger partial charge on any atom is -0.399 e. The number of rotatable bonds is 4. The highest BCUT2D eigenvalue weighted by Gasteiger charge is 2.15. The Labute approximate surface area is 139 Å². The molecule has 23 heavy (non-hydrogen) atoms. The van der Waals surface area contributed by atoms with Gasteiger partial charge >= 0.3 is 0 Å². The Morgan fingerprint density at radius 2 is 1.83 bits per heavy atom. The van der Waals surface area contributed by atoms with Crippen molar-refractivity contribution in [3.63, 3.8) is 0 Å². The normalized spacial score (nSPS) is 10.5. The summed E-state index contributed by atoms with van der Waals surface area (Å²) in [7, 11) is 0. The second kappa shape index (κ2) is 6.62. The lowest BCUT2D eigenvalue weighted by molar-refractivity contribution is 0.0954. The van der Waals surface area contributed by atoms with E-state index < -0.39 is 0 Å². The summed E-state index contributed by atoms with van der Waals surface area (Å²) in [6.45, 7) is 2.36. The van der Waals surface area contributed by atoms with E-state index in [2.05, 4.69) is 10.3 Å². The van der Waals surface area contributed by atoms with Crippen molar-refractivity contribution in [3.05, 3.63) is 70.7 Å². The molecule has 0 saturated carbocycles. The van der Waals surface area contributed by atoms with Crippen molar-refractivity contribution >= 4 is 22.9 Å². The van der Waals surface area contributed by atoms with Crippen molar-refractivity contribution in [1.82, 2.24) is 10.3 Å². The molecule has 0 aliphatic rings. The van der Waals surface area contributed by atoms with Gasteiger partial charge in [0.05, 0.1) is 5.69 Å². The summed E-state index contributed by atoms with van der Waals surface area (Å²) in [6.07, 6.45) is 0. The lowest BCUT2D eigenvalue weighted by Crippen LogP contribution is -2.22. The fraction of sp³-hybridized carbons (Fsp3) is 0.111. The lowest BCUT2D eigenvalue weighted by atomic mass is 10.2. The number of aryl methyl sites for hydroxylation is 1. The Morgan fingerprint density at radius 3 is 2.52 bits per heavy atom. The van der Waals surface area contributed by atoms with Crippen LogP contribution in [0.15, 0.2) is 54.6 Å². The number of nitrogen functional groups attached to an aromatic ring is 1. The third kappa shape index (κ3) is 3.57. The maximum absolute atomic E-state index is 12.4. The van der Waals surface area contributed by atoms with Gasteiger partial charge in [-0.05, 0) is 36.8 Å². The molecule has 0 radical (unpaired) electrons. The zero-order valence-electron chi connectivity index (χ0n) is 12.7. The van der Waals surface area contributed by atoms with E-state index in [4.69, 9.17) is 5.73 Å². The highest BCUT2D eigenvalue weighted by molar-refractivity contribution is 7.17. The van der Waals surface area contributed by atoms with E-state index in [-0.39, 0.29) is 5.91 Å². The van der Waals surface area contributed by atoms with Crippen molar-refractivity contribution in [2.75, 3.05) is 5.73 Å². The van der Waals surface area contributed by atoms with Gasteiger partial charge in [0.15, 0.2) is 0 Å². The van der Waals surface area contributed by atoms with Crippen LogP contribution in [0.2, 0.25) is 0 Å². The van der Waals surface area contributed by atoms with Crippen molar-refractivity contribution < 1.29 is 4.79 Å². The molecule has 0 unspecified atom stereocenters. The van der Waals surface area contributed by atoms with Crippen molar-refractivity contribution in [1.29, 1.82) is 0 Å². The number of carbonyl (C=O) groups excluding carboxylic acids is 1. The molecule has 2 aromatic carbocycles. The number of amides is 1. The first-order valence-corrected chi connectivity index (χ1v) is 8.10. The predicted octanol–water partition coefficient (Wildman–Crippen LogP) is 3.63. The Hall–Kier alpha value is -2.66. The van der Waals surface area contributed by atoms with Gasteiger partial charge in [0, 0.05) is 17.8 Å². The lowest BCUT2D eigenvalue weighted by Gasteiger charge is -2.03. The van der Waals surface area contributed by atoms with Crippen LogP contribution in [0.25, 0.3) is 10.6 Å². The van der Waals surface area contributed by atoms with Crippen LogP contribution >= 0.6 is 11.3 Å². The van der Waals surface area contributed by atoms with Crippen molar-refractivity contribution in [3.8, 4) is 10.6 Å². The molecule has 3 aromatic rings. The van der Waals surface area contributed by atoms with Gasteiger partial charge in [0.1, 0.15) is 9.88 Å². The number of carbonyl (C=O) groups is 1. The number of aromatic nitrogens is 1. The molecule has 3 N–H and O–H groups in total. The molecule has 1 aromatic heterocycles. The van der Waals surface area contributed by atoms with Gasteiger partial charge in [-0.25, -0.2) is 4.98 Å². The standard InChI is InChI=1S/C18H17N3OS/c1-12-16(17(22)20-11-13-5-3-2-4-6-13)23-18(21-12)14-7-9-15(19)10-8-14/h2-10H,11,19H2,1H3,(H,20,22). The number of nitrogens with zero attached hydrogens (tertiary/aromatic N) is 1. The molecule has 1 amide bonds. The van der Waals surface area contributed by atoms with Crippen LogP contribution in [0.5, 0.6) is 0 Å². The number of thiazole rings is 1. The van der Waals surface area contributed by atoms with Crippen molar-refractivity contribution in [2.24, 2.45) is 0 Å². The molecule has 116 valence electrons. The first-order valence-electron chi connectivity index (χ1n) is 7.29. The molecular weight excluding hydrogens is 306 g/mol. The smallest absolute Gasteiger partial charge is 0.263 e. The Morgan fingerprint density at radius 1 is 1.13 bits per heavy atom. The molecule has 1 heterocycles. The molecule has 0 aliphatic carbocycles. The molecule has 0 saturated heterocycles. The Balaban J connectivity index is 1.75. The van der Waals surface area contributed by atoms with E-state index in [9.17, 15) is 4.79 Å². The van der Waals surface area contributed by atoms with Crippen molar-refractivity contribution in [2.45, 2.75) is 13.5 Å². The minimum atomic E-state index is -0.0921. The van der Waals surface area contributed by atoms with Gasteiger partial charge in [-0.1, -0.05) is 30.3 Å². The fourth-order valence-corrected chi connectivity index (χ4v) is 3.20. The molecule has 0 fully saturated rings. The number of nitrogens with one attached hydrogen (secondary N) is 1. The third-order valence-electron chi connectivity index (χ3n) is 3.46. The SMILES string of the molecule is Cc1nc(-c2ccc(N)cc2)sc1C(=O)NCc1ccccc1. The molecule has 3 rings (SSSR count). The maximum Gasteiger partial charge on any atom is 0.263 e. The van der Waals surface area contributed by atoms with E-state index in [0.29, 0.717) is 17.1 Å². The van der Waals surface area contributed by atoms with E-state index in [1.807, 2.05) is 61.5 Å². The summed E-state index contributed by atoms with van der Waals surface area (Å²) >= 11 is 1.40. The molecule has 4 nitrogen and oxygen atoms in total. The van der Waals surface area contributed by atoms with Gasteiger partial charge in [-0.2, -0.15) is 0 Å². The monoisotopic (exact) mass is 323 g/mol. The van der Waals surface area contributed by atoms with Gasteiger partial charge in [-0.15, -0.1) is 11.3 Å². The third-order valence-corrected chi connectivity index (χ3v) is 4.66. The summed E-state index contributed by atoms with van der Waals surface area (Å²) in [5.74, 6) is -0.0921. The summed E-state index contributed by atoms with van der Waals surface area (Å²) in [6, 6.07) is 17.3. The van der Waals surface area contributed by atoms with Gasteiger partial charge < -0.3 is 11.1 Å². The first-order chi connectivity index (χ1) is 11.1. The van der Waals surface area contributed by atoms with Gasteiger partial charge in [0.25, 0.3) is 5.91 Å². The number of nitrogens with two attached hydrogens (primary N) is 1. The number of hydrogen-bond acceptors (Lipinski definition) is 4. The molecular formula is C18H17N3OS. The van der Waals surface area contributed by atoms with Gasteiger partial charge in [0.2, 0.25) is 0 Å². The van der Waals surface area contributed by atoms with Crippen LogP contribution in [-0.2, 0) is 6.54 Å². The molecule has 0 atom stereocenters. The predicted molar refractivity (Wildman–Crippen MR) is 94.3 cm³/mol. The molecule has 5 heteroatoms. The van der Waals surface area contributed by atoms with E-state index in [1.165, 1.54) is 11.3 Å². The highest BCUT2D eigenvalue weighted by Crippen LogP contribution is 2.28.